The van der Waals surface area contributed by atoms with Crippen LogP contribution in [0.1, 0.15) is 5.56 Å². The summed E-state index contributed by atoms with van der Waals surface area (Å²) in [6, 6.07) is 12.4. The minimum absolute atomic E-state index is 0.572. The molecule has 1 saturated heterocycles. The Hall–Kier alpha value is -2.93. The van der Waals surface area contributed by atoms with Gasteiger partial charge in [0.15, 0.2) is 11.6 Å². The molecule has 0 amide bonds. The van der Waals surface area contributed by atoms with E-state index in [1.54, 1.807) is 17.2 Å². The van der Waals surface area contributed by atoms with Gasteiger partial charge in [-0.1, -0.05) is 30.3 Å². The van der Waals surface area contributed by atoms with Crippen molar-refractivity contribution in [3.05, 3.63) is 60.7 Å². The first-order valence-corrected chi connectivity index (χ1v) is 8.43. The van der Waals surface area contributed by atoms with Crippen LogP contribution in [-0.2, 0) is 6.54 Å². The van der Waals surface area contributed by atoms with Gasteiger partial charge in [-0.15, -0.1) is 0 Å². The van der Waals surface area contributed by atoms with Crippen LogP contribution in [0.15, 0.2) is 55.1 Å². The molecule has 7 nitrogen and oxygen atoms in total. The molecule has 1 aliphatic rings. The first kappa shape index (κ1) is 15.6. The number of nitrogens with two attached hydrogens (primary N) is 1. The van der Waals surface area contributed by atoms with E-state index in [1.165, 1.54) is 5.56 Å². The molecule has 0 radical (unpaired) electrons. The predicted molar refractivity (Wildman–Crippen MR) is 97.5 cm³/mol. The Morgan fingerprint density at radius 2 is 1.68 bits per heavy atom. The molecule has 0 unspecified atom stereocenters. The van der Waals surface area contributed by atoms with E-state index in [0.717, 1.165) is 38.5 Å². The van der Waals surface area contributed by atoms with E-state index in [9.17, 15) is 0 Å². The van der Waals surface area contributed by atoms with Gasteiger partial charge in [-0.25, -0.2) is 14.6 Å². The third-order valence-electron chi connectivity index (χ3n) is 4.48. The highest BCUT2D eigenvalue weighted by atomic mass is 15.3. The molecule has 0 bridgehead atoms. The highest BCUT2D eigenvalue weighted by molar-refractivity contribution is 5.70. The predicted octanol–water partition coefficient (Wildman–Crippen LogP) is 1.57. The molecule has 0 aliphatic carbocycles. The van der Waals surface area contributed by atoms with Crippen molar-refractivity contribution >= 4 is 11.5 Å². The van der Waals surface area contributed by atoms with Crippen LogP contribution in [0.25, 0.3) is 5.82 Å². The Morgan fingerprint density at radius 1 is 0.920 bits per heavy atom. The van der Waals surface area contributed by atoms with Crippen molar-refractivity contribution in [2.75, 3.05) is 36.8 Å². The van der Waals surface area contributed by atoms with Gasteiger partial charge in [0, 0.05) is 45.1 Å². The van der Waals surface area contributed by atoms with Crippen molar-refractivity contribution < 1.29 is 0 Å². The van der Waals surface area contributed by atoms with Gasteiger partial charge in [-0.2, -0.15) is 5.10 Å². The normalized spacial score (nSPS) is 15.4. The SMILES string of the molecule is Nc1c(N2CCN(Cc3ccccc3)CC2)ncnc1-n1cccn1. The van der Waals surface area contributed by atoms with Crippen LogP contribution in [0.5, 0.6) is 0 Å². The number of aromatic nitrogens is 4. The van der Waals surface area contributed by atoms with Crippen LogP contribution in [0.3, 0.4) is 0 Å². The maximum Gasteiger partial charge on any atom is 0.181 e. The summed E-state index contributed by atoms with van der Waals surface area (Å²) in [6.07, 6.45) is 5.10. The van der Waals surface area contributed by atoms with E-state index >= 15 is 0 Å². The third-order valence-corrected chi connectivity index (χ3v) is 4.48. The number of hydrogen-bond acceptors (Lipinski definition) is 6. The standard InChI is InChI=1S/C18H21N7/c19-16-17(20-14-21-18(16)25-8-4-7-22-25)24-11-9-23(10-12-24)13-15-5-2-1-3-6-15/h1-8,14H,9-13,19H2. The van der Waals surface area contributed by atoms with Crippen molar-refractivity contribution in [1.29, 1.82) is 0 Å². The van der Waals surface area contributed by atoms with Gasteiger partial charge < -0.3 is 10.6 Å². The number of nitrogen functional groups attached to an aromatic ring is 1. The molecule has 1 fully saturated rings. The number of hydrogen-bond donors (Lipinski definition) is 1. The lowest BCUT2D eigenvalue weighted by atomic mass is 10.2. The Kier molecular flexibility index (Phi) is 4.30. The first-order valence-electron chi connectivity index (χ1n) is 8.43. The summed E-state index contributed by atoms with van der Waals surface area (Å²) in [4.78, 5) is 13.4. The number of nitrogens with zero attached hydrogens (tertiary/aromatic N) is 6. The van der Waals surface area contributed by atoms with E-state index in [2.05, 4.69) is 55.2 Å². The molecule has 1 aromatic carbocycles. The highest BCUT2D eigenvalue weighted by Crippen LogP contribution is 2.25. The molecular weight excluding hydrogens is 314 g/mol. The summed E-state index contributed by atoms with van der Waals surface area (Å²) in [5.74, 6) is 1.42. The Balaban J connectivity index is 1.45. The Labute approximate surface area is 146 Å². The summed E-state index contributed by atoms with van der Waals surface area (Å²) < 4.78 is 1.67. The summed E-state index contributed by atoms with van der Waals surface area (Å²) in [5, 5.41) is 4.21. The summed E-state index contributed by atoms with van der Waals surface area (Å²) in [6.45, 7) is 4.73. The average molecular weight is 335 g/mol. The quantitative estimate of drug-likeness (QED) is 0.780. The lowest BCUT2D eigenvalue weighted by Gasteiger charge is -2.35. The molecule has 2 N–H and O–H groups in total. The van der Waals surface area contributed by atoms with Crippen LogP contribution < -0.4 is 10.6 Å². The second kappa shape index (κ2) is 6.90. The molecule has 0 spiro atoms. The van der Waals surface area contributed by atoms with Crippen LogP contribution in [0.2, 0.25) is 0 Å². The van der Waals surface area contributed by atoms with Gasteiger partial charge in [0.2, 0.25) is 0 Å². The first-order chi connectivity index (χ1) is 12.3. The smallest absolute Gasteiger partial charge is 0.181 e. The molecule has 2 aromatic heterocycles. The molecule has 3 heterocycles. The van der Waals surface area contributed by atoms with Crippen LogP contribution in [-0.4, -0.2) is 50.8 Å². The Bertz CT molecular complexity index is 809. The number of rotatable bonds is 4. The van der Waals surface area contributed by atoms with Crippen molar-refractivity contribution in [2.45, 2.75) is 6.54 Å². The molecule has 4 rings (SSSR count). The number of piperazine rings is 1. The van der Waals surface area contributed by atoms with Gasteiger partial charge >= 0.3 is 0 Å². The number of benzene rings is 1. The van der Waals surface area contributed by atoms with E-state index in [4.69, 9.17) is 5.73 Å². The van der Waals surface area contributed by atoms with Crippen molar-refractivity contribution in [1.82, 2.24) is 24.6 Å². The van der Waals surface area contributed by atoms with Crippen LogP contribution >= 0.6 is 0 Å². The molecule has 25 heavy (non-hydrogen) atoms. The maximum atomic E-state index is 6.32. The minimum atomic E-state index is 0.572. The van der Waals surface area contributed by atoms with Crippen molar-refractivity contribution in [2.24, 2.45) is 0 Å². The highest BCUT2D eigenvalue weighted by Gasteiger charge is 2.21. The third kappa shape index (κ3) is 3.32. The fourth-order valence-corrected chi connectivity index (χ4v) is 3.17. The second-order valence-electron chi connectivity index (χ2n) is 6.13. The monoisotopic (exact) mass is 335 g/mol. The topological polar surface area (TPSA) is 76.1 Å². The second-order valence-corrected chi connectivity index (χ2v) is 6.13. The largest absolute Gasteiger partial charge is 0.393 e. The molecule has 0 saturated carbocycles. The summed E-state index contributed by atoms with van der Waals surface area (Å²) >= 11 is 0. The molecule has 1 aliphatic heterocycles. The minimum Gasteiger partial charge on any atom is -0.393 e. The average Bonchev–Trinajstić information content (AvgIpc) is 3.18. The van der Waals surface area contributed by atoms with E-state index in [1.807, 2.05) is 12.3 Å². The lowest BCUT2D eigenvalue weighted by Crippen LogP contribution is -2.46. The fraction of sp³-hybridized carbons (Fsp3) is 0.278. The van der Waals surface area contributed by atoms with Gasteiger partial charge in [-0.3, -0.25) is 4.90 Å². The molecule has 128 valence electrons. The van der Waals surface area contributed by atoms with E-state index in [0.29, 0.717) is 11.5 Å². The van der Waals surface area contributed by atoms with E-state index < -0.39 is 0 Å². The van der Waals surface area contributed by atoms with E-state index in [-0.39, 0.29) is 0 Å². The van der Waals surface area contributed by atoms with Gasteiger partial charge in [0.25, 0.3) is 0 Å². The van der Waals surface area contributed by atoms with Crippen LogP contribution in [0, 0.1) is 0 Å². The van der Waals surface area contributed by atoms with Gasteiger partial charge in [0.05, 0.1) is 0 Å². The zero-order chi connectivity index (χ0) is 17.1. The molecule has 0 atom stereocenters. The van der Waals surface area contributed by atoms with Crippen molar-refractivity contribution in [3.63, 3.8) is 0 Å². The van der Waals surface area contributed by atoms with Gasteiger partial charge in [-0.05, 0) is 11.6 Å². The lowest BCUT2D eigenvalue weighted by molar-refractivity contribution is 0.249. The zero-order valence-corrected chi connectivity index (χ0v) is 14.0. The zero-order valence-electron chi connectivity index (χ0n) is 14.0. The molecule has 7 heteroatoms. The van der Waals surface area contributed by atoms with Crippen molar-refractivity contribution in [3.8, 4) is 5.82 Å². The molecule has 3 aromatic rings. The molecular formula is C18H21N7. The Morgan fingerprint density at radius 3 is 2.40 bits per heavy atom. The fourth-order valence-electron chi connectivity index (χ4n) is 3.17. The summed E-state index contributed by atoms with van der Waals surface area (Å²) in [5.41, 5.74) is 8.24. The summed E-state index contributed by atoms with van der Waals surface area (Å²) in [7, 11) is 0. The maximum absolute atomic E-state index is 6.32. The van der Waals surface area contributed by atoms with Crippen LogP contribution in [0.4, 0.5) is 11.5 Å². The number of anilines is 2. The van der Waals surface area contributed by atoms with Gasteiger partial charge in [0.1, 0.15) is 12.0 Å².